The summed E-state index contributed by atoms with van der Waals surface area (Å²) in [6.07, 6.45) is 2.29. The van der Waals surface area contributed by atoms with Crippen molar-refractivity contribution in [3.63, 3.8) is 0 Å². The number of fused-ring (bicyclic) bond motifs is 3. The van der Waals surface area contributed by atoms with Crippen LogP contribution in [-0.4, -0.2) is 42.3 Å². The number of carbonyl (C=O) groups excluding carboxylic acids is 2. The van der Waals surface area contributed by atoms with E-state index in [1.807, 2.05) is 31.2 Å². The van der Waals surface area contributed by atoms with Crippen molar-refractivity contribution in [3.05, 3.63) is 59.7 Å². The number of carbonyl (C=O) groups is 3. The van der Waals surface area contributed by atoms with Crippen LogP contribution < -0.4 is 10.6 Å². The normalized spacial score (nSPS) is 16.1. The Hall–Kier alpha value is -3.35. The molecule has 0 heterocycles. The Morgan fingerprint density at radius 3 is 2.18 bits per heavy atom. The predicted octanol–water partition coefficient (Wildman–Crippen LogP) is 4.31. The number of carboxylic acid groups (broad SMARTS) is 1. The number of alkyl carbamates (subject to hydrolysis) is 1. The Labute approximate surface area is 199 Å². The Bertz CT molecular complexity index is 1000. The molecule has 2 unspecified atom stereocenters. The molecule has 1 saturated carbocycles. The Kier molecular flexibility index (Phi) is 7.50. The molecule has 180 valence electrons. The van der Waals surface area contributed by atoms with Crippen LogP contribution in [0.2, 0.25) is 0 Å². The zero-order chi connectivity index (χ0) is 24.1. The largest absolute Gasteiger partial charge is 0.481 e. The third-order valence-electron chi connectivity index (χ3n) is 6.88. The fourth-order valence-corrected chi connectivity index (χ4v) is 4.84. The Morgan fingerprint density at radius 1 is 1.00 bits per heavy atom. The average molecular weight is 465 g/mol. The van der Waals surface area contributed by atoms with Crippen LogP contribution in [0.15, 0.2) is 48.5 Å². The number of ether oxygens (including phenoxy) is 1. The van der Waals surface area contributed by atoms with Gasteiger partial charge in [0, 0.05) is 24.9 Å². The van der Waals surface area contributed by atoms with Crippen molar-refractivity contribution in [1.82, 2.24) is 10.6 Å². The molecular formula is C27H32N2O5. The van der Waals surface area contributed by atoms with Crippen molar-refractivity contribution in [1.29, 1.82) is 0 Å². The van der Waals surface area contributed by atoms with Crippen molar-refractivity contribution < 1.29 is 24.2 Å². The first-order valence-electron chi connectivity index (χ1n) is 12.1. The lowest BCUT2D eigenvalue weighted by molar-refractivity contribution is -0.138. The second-order valence-electron chi connectivity index (χ2n) is 9.28. The van der Waals surface area contributed by atoms with Crippen LogP contribution in [0.1, 0.15) is 56.1 Å². The molecule has 0 aromatic heterocycles. The van der Waals surface area contributed by atoms with Crippen LogP contribution in [0.4, 0.5) is 4.79 Å². The summed E-state index contributed by atoms with van der Waals surface area (Å²) in [5.74, 6) is -0.694. The van der Waals surface area contributed by atoms with Crippen LogP contribution >= 0.6 is 0 Å². The molecule has 7 nitrogen and oxygen atoms in total. The minimum absolute atomic E-state index is 0.0184. The van der Waals surface area contributed by atoms with Gasteiger partial charge in [-0.1, -0.05) is 55.5 Å². The van der Waals surface area contributed by atoms with Crippen LogP contribution in [0, 0.1) is 11.8 Å². The number of benzene rings is 2. The highest BCUT2D eigenvalue weighted by atomic mass is 16.5. The highest BCUT2D eigenvalue weighted by molar-refractivity contribution is 5.79. The molecule has 2 aromatic rings. The van der Waals surface area contributed by atoms with E-state index in [1.54, 1.807) is 0 Å². The predicted molar refractivity (Wildman–Crippen MR) is 128 cm³/mol. The first-order chi connectivity index (χ1) is 16.5. The Balaban J connectivity index is 1.27. The summed E-state index contributed by atoms with van der Waals surface area (Å²) in [6, 6.07) is 16.0. The molecule has 2 atom stereocenters. The molecule has 2 amide bonds. The SMILES string of the molecule is CCC(CC(=O)NCC(CC(=O)O)C1CC1)NC(=O)OCC1c2ccccc2-c2ccccc21. The smallest absolute Gasteiger partial charge is 0.407 e. The van der Waals surface area contributed by atoms with E-state index >= 15 is 0 Å². The molecular weight excluding hydrogens is 432 g/mol. The minimum atomic E-state index is -0.838. The van der Waals surface area contributed by atoms with Crippen molar-refractivity contribution in [3.8, 4) is 11.1 Å². The van der Waals surface area contributed by atoms with Gasteiger partial charge in [0.1, 0.15) is 6.61 Å². The highest BCUT2D eigenvalue weighted by Gasteiger charge is 2.33. The number of hydrogen-bond acceptors (Lipinski definition) is 4. The van der Waals surface area contributed by atoms with Crippen molar-refractivity contribution in [2.24, 2.45) is 11.8 Å². The number of rotatable bonds is 11. The zero-order valence-corrected chi connectivity index (χ0v) is 19.5. The van der Waals surface area contributed by atoms with E-state index in [0.717, 1.165) is 24.0 Å². The summed E-state index contributed by atoms with van der Waals surface area (Å²) in [5, 5.41) is 14.7. The lowest BCUT2D eigenvalue weighted by Crippen LogP contribution is -2.40. The standard InChI is InChI=1S/C27H32N2O5/c1-2-19(14-25(30)28-15-18(13-26(31)32)17-11-12-17)29-27(33)34-16-24-22-9-5-3-7-20(22)21-8-4-6-10-23(21)24/h3-10,17-19,24H,2,11-16H2,1H3,(H,28,30)(H,29,33)(H,31,32). The number of amides is 2. The van der Waals surface area contributed by atoms with E-state index < -0.39 is 12.1 Å². The second-order valence-corrected chi connectivity index (χ2v) is 9.28. The fourth-order valence-electron chi connectivity index (χ4n) is 4.84. The van der Waals surface area contributed by atoms with Gasteiger partial charge in [0.25, 0.3) is 0 Å². The maximum Gasteiger partial charge on any atom is 0.407 e. The fraction of sp³-hybridized carbons (Fsp3) is 0.444. The number of aliphatic carboxylic acids is 1. The lowest BCUT2D eigenvalue weighted by atomic mass is 9.98. The van der Waals surface area contributed by atoms with Crippen LogP contribution in [0.3, 0.4) is 0 Å². The maximum atomic E-state index is 12.5. The second kappa shape index (κ2) is 10.7. The average Bonchev–Trinajstić information content (AvgIpc) is 3.62. The third kappa shape index (κ3) is 5.76. The Morgan fingerprint density at radius 2 is 1.62 bits per heavy atom. The monoisotopic (exact) mass is 464 g/mol. The highest BCUT2D eigenvalue weighted by Crippen LogP contribution is 2.44. The van der Waals surface area contributed by atoms with Gasteiger partial charge in [0.05, 0.1) is 6.42 Å². The molecule has 4 rings (SSSR count). The number of carboxylic acids is 1. The molecule has 0 spiro atoms. The van der Waals surface area contributed by atoms with Crippen molar-refractivity contribution in [2.45, 2.75) is 51.0 Å². The van der Waals surface area contributed by atoms with Crippen LogP contribution in [0.25, 0.3) is 11.1 Å². The van der Waals surface area contributed by atoms with Gasteiger partial charge in [-0.25, -0.2) is 4.79 Å². The van der Waals surface area contributed by atoms with Gasteiger partial charge in [-0.15, -0.1) is 0 Å². The van der Waals surface area contributed by atoms with Gasteiger partial charge in [0.15, 0.2) is 0 Å². The summed E-state index contributed by atoms with van der Waals surface area (Å²) < 4.78 is 5.59. The molecule has 0 radical (unpaired) electrons. The molecule has 0 aliphatic heterocycles. The molecule has 7 heteroatoms. The molecule has 2 aromatic carbocycles. The topological polar surface area (TPSA) is 105 Å². The van der Waals surface area contributed by atoms with E-state index in [2.05, 4.69) is 34.9 Å². The summed E-state index contributed by atoms with van der Waals surface area (Å²) in [4.78, 5) is 36.0. The van der Waals surface area contributed by atoms with Gasteiger partial charge >= 0.3 is 12.1 Å². The maximum absolute atomic E-state index is 12.5. The first kappa shape index (κ1) is 23.8. The molecule has 2 aliphatic carbocycles. The van der Waals surface area contributed by atoms with E-state index in [0.29, 0.717) is 18.9 Å². The van der Waals surface area contributed by atoms with Crippen LogP contribution in [-0.2, 0) is 14.3 Å². The van der Waals surface area contributed by atoms with E-state index in [9.17, 15) is 14.4 Å². The van der Waals surface area contributed by atoms with Gasteiger partial charge in [0.2, 0.25) is 5.91 Å². The summed E-state index contributed by atoms with van der Waals surface area (Å²) in [5.41, 5.74) is 4.63. The van der Waals surface area contributed by atoms with Gasteiger partial charge in [-0.05, 0) is 53.4 Å². The van der Waals surface area contributed by atoms with Crippen molar-refractivity contribution >= 4 is 18.0 Å². The lowest BCUT2D eigenvalue weighted by Gasteiger charge is -2.20. The van der Waals surface area contributed by atoms with Gasteiger partial charge < -0.3 is 20.5 Å². The van der Waals surface area contributed by atoms with Gasteiger partial charge in [-0.3, -0.25) is 9.59 Å². The van der Waals surface area contributed by atoms with Crippen molar-refractivity contribution in [2.75, 3.05) is 13.2 Å². The van der Waals surface area contributed by atoms with E-state index in [1.165, 1.54) is 11.1 Å². The molecule has 0 saturated heterocycles. The van der Waals surface area contributed by atoms with E-state index in [4.69, 9.17) is 9.84 Å². The number of hydrogen-bond donors (Lipinski definition) is 3. The van der Waals surface area contributed by atoms with Crippen LogP contribution in [0.5, 0.6) is 0 Å². The summed E-state index contributed by atoms with van der Waals surface area (Å²) in [6.45, 7) is 2.48. The van der Waals surface area contributed by atoms with Gasteiger partial charge in [-0.2, -0.15) is 0 Å². The zero-order valence-electron chi connectivity index (χ0n) is 19.5. The third-order valence-corrected chi connectivity index (χ3v) is 6.88. The first-order valence-corrected chi connectivity index (χ1v) is 12.1. The number of nitrogens with one attached hydrogen (secondary N) is 2. The summed E-state index contributed by atoms with van der Waals surface area (Å²) >= 11 is 0. The molecule has 2 aliphatic rings. The molecule has 1 fully saturated rings. The molecule has 34 heavy (non-hydrogen) atoms. The summed E-state index contributed by atoms with van der Waals surface area (Å²) in [7, 11) is 0. The van der Waals surface area contributed by atoms with E-state index in [-0.39, 0.29) is 43.2 Å². The minimum Gasteiger partial charge on any atom is -0.481 e. The molecule has 3 N–H and O–H groups in total. The molecule has 0 bridgehead atoms. The quantitative estimate of drug-likeness (QED) is 0.460.